The van der Waals surface area contributed by atoms with E-state index in [1.165, 1.54) is 24.3 Å². The maximum Gasteiger partial charge on any atom is 0.339 e. The number of benzene rings is 2. The Kier molecular flexibility index (Phi) is 7.36. The van der Waals surface area contributed by atoms with Gasteiger partial charge in [0.2, 0.25) is 0 Å². The molecular formula is C23H26FNO4. The first-order valence-electron chi connectivity index (χ1n) is 9.99. The van der Waals surface area contributed by atoms with Crippen molar-refractivity contribution in [2.45, 2.75) is 25.7 Å². The zero-order valence-corrected chi connectivity index (χ0v) is 16.4. The van der Waals surface area contributed by atoms with Gasteiger partial charge in [0.1, 0.15) is 17.1 Å². The van der Waals surface area contributed by atoms with Crippen LogP contribution in [0.1, 0.15) is 46.4 Å². The molecule has 2 aromatic rings. The van der Waals surface area contributed by atoms with Crippen LogP contribution in [0.3, 0.4) is 0 Å². The van der Waals surface area contributed by atoms with Crippen molar-refractivity contribution < 1.29 is 23.8 Å². The molecule has 0 spiro atoms. The Morgan fingerprint density at radius 2 is 1.90 bits per heavy atom. The third-order valence-electron chi connectivity index (χ3n) is 5.24. The molecule has 0 amide bonds. The molecular weight excluding hydrogens is 373 g/mol. The lowest BCUT2D eigenvalue weighted by atomic mass is 9.98. The Morgan fingerprint density at radius 3 is 2.66 bits per heavy atom. The van der Waals surface area contributed by atoms with E-state index >= 15 is 0 Å². The van der Waals surface area contributed by atoms with Gasteiger partial charge in [-0.3, -0.25) is 4.79 Å². The van der Waals surface area contributed by atoms with Crippen LogP contribution in [0.2, 0.25) is 0 Å². The molecule has 154 valence electrons. The monoisotopic (exact) mass is 399 g/mol. The Morgan fingerprint density at radius 1 is 1.14 bits per heavy atom. The molecule has 1 aliphatic heterocycles. The number of hydrogen-bond donors (Lipinski definition) is 1. The van der Waals surface area contributed by atoms with Crippen LogP contribution in [-0.2, 0) is 0 Å². The van der Waals surface area contributed by atoms with Crippen LogP contribution in [0.5, 0.6) is 5.75 Å². The Hall–Kier alpha value is -2.73. The predicted molar refractivity (Wildman–Crippen MR) is 108 cm³/mol. The number of likely N-dealkylation sites (tertiary alicyclic amines) is 1. The van der Waals surface area contributed by atoms with Gasteiger partial charge < -0.3 is 14.7 Å². The topological polar surface area (TPSA) is 66.8 Å². The number of carboxylic acids is 1. The molecule has 1 fully saturated rings. The van der Waals surface area contributed by atoms with Gasteiger partial charge in [-0.1, -0.05) is 12.1 Å². The van der Waals surface area contributed by atoms with Crippen molar-refractivity contribution in [2.24, 2.45) is 5.92 Å². The van der Waals surface area contributed by atoms with Crippen LogP contribution in [0.4, 0.5) is 4.39 Å². The molecule has 0 bridgehead atoms. The Labute approximate surface area is 170 Å². The molecule has 0 aliphatic carbocycles. The third-order valence-corrected chi connectivity index (χ3v) is 5.24. The van der Waals surface area contributed by atoms with Crippen molar-refractivity contribution in [3.05, 3.63) is 65.5 Å². The van der Waals surface area contributed by atoms with E-state index in [0.29, 0.717) is 30.3 Å². The lowest BCUT2D eigenvalue weighted by molar-refractivity contribution is 0.0688. The summed E-state index contributed by atoms with van der Waals surface area (Å²) >= 11 is 0. The van der Waals surface area contributed by atoms with Gasteiger partial charge in [-0.2, -0.15) is 0 Å². The molecule has 5 nitrogen and oxygen atoms in total. The van der Waals surface area contributed by atoms with Crippen LogP contribution >= 0.6 is 0 Å². The molecule has 1 atom stereocenters. The summed E-state index contributed by atoms with van der Waals surface area (Å²) in [6.45, 7) is 3.18. The summed E-state index contributed by atoms with van der Waals surface area (Å²) in [4.78, 5) is 25.8. The number of carboxylic acid groups (broad SMARTS) is 1. The van der Waals surface area contributed by atoms with Crippen molar-refractivity contribution in [3.8, 4) is 5.75 Å². The zero-order chi connectivity index (χ0) is 20.6. The van der Waals surface area contributed by atoms with Gasteiger partial charge in [0.15, 0.2) is 5.78 Å². The average Bonchev–Trinajstić information content (AvgIpc) is 2.73. The molecule has 3 rings (SSSR count). The van der Waals surface area contributed by atoms with Gasteiger partial charge in [0.05, 0.1) is 6.61 Å². The minimum atomic E-state index is -0.989. The van der Waals surface area contributed by atoms with Crippen LogP contribution in [0.25, 0.3) is 0 Å². The number of ether oxygens (including phenoxy) is 1. The number of piperidine rings is 1. The van der Waals surface area contributed by atoms with E-state index in [1.54, 1.807) is 24.3 Å². The highest BCUT2D eigenvalue weighted by molar-refractivity contribution is 5.96. The summed E-state index contributed by atoms with van der Waals surface area (Å²) in [6, 6.07) is 12.4. The molecule has 0 aromatic heterocycles. The van der Waals surface area contributed by atoms with Crippen molar-refractivity contribution in [3.63, 3.8) is 0 Å². The summed E-state index contributed by atoms with van der Waals surface area (Å²) in [7, 11) is 0. The smallest absolute Gasteiger partial charge is 0.339 e. The van der Waals surface area contributed by atoms with Crippen molar-refractivity contribution >= 4 is 11.8 Å². The van der Waals surface area contributed by atoms with Crippen molar-refractivity contribution in [2.75, 3.05) is 26.2 Å². The van der Waals surface area contributed by atoms with E-state index < -0.39 is 5.97 Å². The zero-order valence-electron chi connectivity index (χ0n) is 16.4. The number of carbonyl (C=O) groups is 2. The maximum atomic E-state index is 13.0. The number of para-hydroxylation sites is 1. The molecule has 2 aromatic carbocycles. The Bertz CT molecular complexity index is 837. The van der Waals surface area contributed by atoms with E-state index in [1.807, 2.05) is 0 Å². The normalized spacial score (nSPS) is 17.1. The van der Waals surface area contributed by atoms with Gasteiger partial charge in [-0.05, 0) is 68.8 Å². The van der Waals surface area contributed by atoms with Gasteiger partial charge in [0, 0.05) is 24.4 Å². The number of rotatable bonds is 9. The molecule has 29 heavy (non-hydrogen) atoms. The number of nitrogens with zero attached hydrogens (tertiary/aromatic N) is 1. The number of aromatic carboxylic acids is 1. The lowest BCUT2D eigenvalue weighted by Gasteiger charge is -2.32. The largest absolute Gasteiger partial charge is 0.492 e. The number of carbonyl (C=O) groups excluding carboxylic acids is 1. The maximum absolute atomic E-state index is 13.0. The molecule has 0 radical (unpaired) electrons. The van der Waals surface area contributed by atoms with Gasteiger partial charge >= 0.3 is 5.97 Å². The van der Waals surface area contributed by atoms with E-state index in [-0.39, 0.29) is 17.2 Å². The molecule has 1 unspecified atom stereocenters. The molecule has 1 heterocycles. The van der Waals surface area contributed by atoms with Crippen molar-refractivity contribution in [1.82, 2.24) is 4.90 Å². The molecule has 1 aliphatic rings. The minimum Gasteiger partial charge on any atom is -0.492 e. The number of ketones is 1. The second-order valence-corrected chi connectivity index (χ2v) is 7.45. The van der Waals surface area contributed by atoms with E-state index in [9.17, 15) is 19.1 Å². The highest BCUT2D eigenvalue weighted by Crippen LogP contribution is 2.22. The number of halogens is 1. The van der Waals surface area contributed by atoms with Crippen molar-refractivity contribution in [1.29, 1.82) is 0 Å². The highest BCUT2D eigenvalue weighted by atomic mass is 19.1. The summed E-state index contributed by atoms with van der Waals surface area (Å²) in [5, 5.41) is 9.25. The highest BCUT2D eigenvalue weighted by Gasteiger charge is 2.21. The fraction of sp³-hybridized carbons (Fsp3) is 0.391. The summed E-state index contributed by atoms with van der Waals surface area (Å²) in [6.07, 6.45) is 3.29. The molecule has 1 N–H and O–H groups in total. The standard InChI is InChI=1S/C23H26FNO4/c24-19-11-9-18(10-12-19)21(26)7-4-14-25-13-3-5-17(15-25)16-29-22-8-2-1-6-20(22)23(27)28/h1-2,6,8-12,17H,3-5,7,13-16H2,(H,27,28). The average molecular weight is 399 g/mol. The SMILES string of the molecule is O=C(CCCN1CCCC(COc2ccccc2C(=O)O)C1)c1ccc(F)cc1. The van der Waals surface area contributed by atoms with E-state index in [4.69, 9.17) is 4.74 Å². The molecule has 0 saturated carbocycles. The second-order valence-electron chi connectivity index (χ2n) is 7.45. The first kappa shape index (κ1) is 21.0. The fourth-order valence-electron chi connectivity index (χ4n) is 3.71. The Balaban J connectivity index is 1.43. The first-order chi connectivity index (χ1) is 14.0. The summed E-state index contributed by atoms with van der Waals surface area (Å²) in [5.41, 5.74) is 0.730. The van der Waals surface area contributed by atoms with Crippen LogP contribution in [-0.4, -0.2) is 48.0 Å². The number of Topliss-reactive ketones (excluding diaryl/α,β-unsaturated/α-hetero) is 1. The lowest BCUT2D eigenvalue weighted by Crippen LogP contribution is -2.38. The van der Waals surface area contributed by atoms with E-state index in [2.05, 4.69) is 4.90 Å². The van der Waals surface area contributed by atoms with Crippen LogP contribution < -0.4 is 4.74 Å². The van der Waals surface area contributed by atoms with Crippen LogP contribution in [0.15, 0.2) is 48.5 Å². The summed E-state index contributed by atoms with van der Waals surface area (Å²) < 4.78 is 18.8. The molecule has 1 saturated heterocycles. The van der Waals surface area contributed by atoms with Crippen LogP contribution in [0, 0.1) is 11.7 Å². The van der Waals surface area contributed by atoms with Gasteiger partial charge in [-0.15, -0.1) is 0 Å². The van der Waals surface area contributed by atoms with E-state index in [0.717, 1.165) is 38.9 Å². The minimum absolute atomic E-state index is 0.0344. The first-order valence-corrected chi connectivity index (χ1v) is 9.99. The van der Waals surface area contributed by atoms with Gasteiger partial charge in [-0.25, -0.2) is 9.18 Å². The quantitative estimate of drug-likeness (QED) is 0.638. The summed E-state index contributed by atoms with van der Waals surface area (Å²) in [5.74, 6) is -0.557. The predicted octanol–water partition coefficient (Wildman–Crippen LogP) is 4.28. The second kappa shape index (κ2) is 10.2. The fourth-order valence-corrected chi connectivity index (χ4v) is 3.71. The van der Waals surface area contributed by atoms with Gasteiger partial charge in [0.25, 0.3) is 0 Å². The molecule has 6 heteroatoms. The third kappa shape index (κ3) is 6.12. The number of hydrogen-bond acceptors (Lipinski definition) is 4.